The number of hydrogen-bond acceptors (Lipinski definition) is 4. The lowest BCUT2D eigenvalue weighted by atomic mass is 10.1. The highest BCUT2D eigenvalue weighted by molar-refractivity contribution is 6.11. The minimum absolute atomic E-state index is 0.232. The predicted octanol–water partition coefficient (Wildman–Crippen LogP) is 2.36. The lowest BCUT2D eigenvalue weighted by molar-refractivity contribution is -0.139. The lowest BCUT2D eigenvalue weighted by Gasteiger charge is -2.11. The van der Waals surface area contributed by atoms with Crippen molar-refractivity contribution >= 4 is 23.3 Å². The summed E-state index contributed by atoms with van der Waals surface area (Å²) in [7, 11) is 0. The van der Waals surface area contributed by atoms with Crippen LogP contribution in [0.5, 0.6) is 5.75 Å². The molecule has 0 fully saturated rings. The van der Waals surface area contributed by atoms with Crippen LogP contribution in [-0.4, -0.2) is 29.4 Å². The molecule has 0 spiro atoms. The van der Waals surface area contributed by atoms with E-state index in [9.17, 15) is 14.4 Å². The van der Waals surface area contributed by atoms with Crippen LogP contribution in [0, 0.1) is 0 Å². The van der Waals surface area contributed by atoms with Crippen molar-refractivity contribution in [1.82, 2.24) is 0 Å². The molecule has 0 aliphatic carbocycles. The Morgan fingerprint density at radius 3 is 2.30 bits per heavy atom. The van der Waals surface area contributed by atoms with E-state index >= 15 is 0 Å². The van der Waals surface area contributed by atoms with Crippen molar-refractivity contribution in [3.63, 3.8) is 0 Å². The zero-order chi connectivity index (χ0) is 16.7. The molecule has 2 N–H and O–H groups in total. The first-order chi connectivity index (χ1) is 11.1. The second kappa shape index (κ2) is 7.74. The monoisotopic (exact) mass is 313 g/mol. The Morgan fingerprint density at radius 1 is 0.957 bits per heavy atom. The zero-order valence-corrected chi connectivity index (χ0v) is 12.2. The molecule has 0 radical (unpaired) electrons. The van der Waals surface area contributed by atoms with Crippen LogP contribution in [0.2, 0.25) is 0 Å². The summed E-state index contributed by atoms with van der Waals surface area (Å²) >= 11 is 0. The molecule has 2 aromatic carbocycles. The largest absolute Gasteiger partial charge is 0.480 e. The molecule has 1 amide bonds. The summed E-state index contributed by atoms with van der Waals surface area (Å²) in [6.45, 7) is -0.518. The van der Waals surface area contributed by atoms with Crippen LogP contribution in [0.1, 0.15) is 16.8 Å². The van der Waals surface area contributed by atoms with Crippen molar-refractivity contribution in [2.45, 2.75) is 6.42 Å². The van der Waals surface area contributed by atoms with Gasteiger partial charge in [-0.3, -0.25) is 9.59 Å². The number of aliphatic carboxylic acids is 1. The van der Waals surface area contributed by atoms with Gasteiger partial charge < -0.3 is 15.2 Å². The Kier molecular flexibility index (Phi) is 5.46. The van der Waals surface area contributed by atoms with Crippen LogP contribution in [0.3, 0.4) is 0 Å². The maximum absolute atomic E-state index is 12.0. The standard InChI is InChI=1S/C17H15NO5/c19-14(12-6-2-1-3-7-12)10-16(20)18-13-8-4-5-9-15(13)23-11-17(21)22/h1-9H,10-11H2,(H,18,20)(H,21,22). The van der Waals surface area contributed by atoms with Crippen LogP contribution in [0.4, 0.5) is 5.69 Å². The van der Waals surface area contributed by atoms with Crippen molar-refractivity contribution in [1.29, 1.82) is 0 Å². The summed E-state index contributed by atoms with van der Waals surface area (Å²) in [4.78, 5) is 34.5. The Hall–Kier alpha value is -3.15. The lowest BCUT2D eigenvalue weighted by Crippen LogP contribution is -2.18. The maximum atomic E-state index is 12.0. The molecule has 2 aromatic rings. The van der Waals surface area contributed by atoms with E-state index in [1.165, 1.54) is 6.07 Å². The number of amides is 1. The number of carbonyl (C=O) groups is 3. The van der Waals surface area contributed by atoms with Gasteiger partial charge >= 0.3 is 5.97 Å². The van der Waals surface area contributed by atoms with Gasteiger partial charge in [-0.25, -0.2) is 4.79 Å². The number of nitrogens with one attached hydrogen (secondary N) is 1. The highest BCUT2D eigenvalue weighted by Gasteiger charge is 2.14. The Labute approximate surface area is 132 Å². The number of anilines is 1. The number of para-hydroxylation sites is 2. The van der Waals surface area contributed by atoms with E-state index in [2.05, 4.69) is 5.32 Å². The first-order valence-corrected chi connectivity index (χ1v) is 6.88. The molecule has 23 heavy (non-hydrogen) atoms. The number of carboxylic acids is 1. The number of ketones is 1. The van der Waals surface area contributed by atoms with Crippen molar-refractivity contribution in [2.24, 2.45) is 0 Å². The number of carboxylic acid groups (broad SMARTS) is 1. The van der Waals surface area contributed by atoms with Gasteiger partial charge in [0, 0.05) is 5.56 Å². The van der Waals surface area contributed by atoms with Gasteiger partial charge in [0.1, 0.15) is 5.75 Å². The fourth-order valence-corrected chi connectivity index (χ4v) is 1.90. The van der Waals surface area contributed by atoms with E-state index < -0.39 is 18.5 Å². The first-order valence-electron chi connectivity index (χ1n) is 6.88. The van der Waals surface area contributed by atoms with Crippen molar-refractivity contribution < 1.29 is 24.2 Å². The molecule has 6 heteroatoms. The van der Waals surface area contributed by atoms with Crippen LogP contribution in [0.15, 0.2) is 54.6 Å². The number of carbonyl (C=O) groups excluding carboxylic acids is 2. The third-order valence-corrected chi connectivity index (χ3v) is 2.93. The summed E-state index contributed by atoms with van der Waals surface area (Å²) in [5.74, 6) is -1.68. The van der Waals surface area contributed by atoms with Gasteiger partial charge in [-0.15, -0.1) is 0 Å². The SMILES string of the molecule is O=C(O)COc1ccccc1NC(=O)CC(=O)c1ccccc1. The second-order valence-corrected chi connectivity index (χ2v) is 4.69. The molecule has 0 saturated heterocycles. The summed E-state index contributed by atoms with van der Waals surface area (Å²) in [6.07, 6.45) is -0.308. The third kappa shape index (κ3) is 4.96. The van der Waals surface area contributed by atoms with Gasteiger partial charge in [0.05, 0.1) is 12.1 Å². The normalized spacial score (nSPS) is 9.91. The first kappa shape index (κ1) is 16.2. The minimum atomic E-state index is -1.12. The minimum Gasteiger partial charge on any atom is -0.480 e. The van der Waals surface area contributed by atoms with E-state index in [1.807, 2.05) is 0 Å². The molecule has 0 unspecified atom stereocenters. The van der Waals surface area contributed by atoms with Gasteiger partial charge in [-0.05, 0) is 12.1 Å². The van der Waals surface area contributed by atoms with E-state index in [-0.39, 0.29) is 18.0 Å². The van der Waals surface area contributed by atoms with E-state index in [0.717, 1.165) is 0 Å². The van der Waals surface area contributed by atoms with Gasteiger partial charge in [0.25, 0.3) is 0 Å². The van der Waals surface area contributed by atoms with E-state index in [0.29, 0.717) is 11.3 Å². The number of ether oxygens (including phenoxy) is 1. The van der Waals surface area contributed by atoms with Crippen LogP contribution in [-0.2, 0) is 9.59 Å². The number of Topliss-reactive ketones (excluding diaryl/α,β-unsaturated/α-hetero) is 1. The molecule has 0 aromatic heterocycles. The number of benzene rings is 2. The number of hydrogen-bond donors (Lipinski definition) is 2. The third-order valence-electron chi connectivity index (χ3n) is 2.93. The molecule has 0 aliphatic rings. The highest BCUT2D eigenvalue weighted by Crippen LogP contribution is 2.23. The quantitative estimate of drug-likeness (QED) is 0.604. The molecule has 0 atom stereocenters. The molecule has 6 nitrogen and oxygen atoms in total. The Balaban J connectivity index is 2.00. The van der Waals surface area contributed by atoms with Crippen molar-refractivity contribution in [2.75, 3.05) is 11.9 Å². The molecule has 2 rings (SSSR count). The van der Waals surface area contributed by atoms with Crippen molar-refractivity contribution in [3.05, 3.63) is 60.2 Å². The fourth-order valence-electron chi connectivity index (χ4n) is 1.90. The molecule has 0 bridgehead atoms. The maximum Gasteiger partial charge on any atom is 0.341 e. The zero-order valence-electron chi connectivity index (χ0n) is 12.2. The number of rotatable bonds is 7. The van der Waals surface area contributed by atoms with Gasteiger partial charge in [-0.1, -0.05) is 42.5 Å². The highest BCUT2D eigenvalue weighted by atomic mass is 16.5. The Morgan fingerprint density at radius 2 is 1.61 bits per heavy atom. The van der Waals surface area contributed by atoms with E-state index in [4.69, 9.17) is 9.84 Å². The molecule has 0 heterocycles. The average molecular weight is 313 g/mol. The fraction of sp³-hybridized carbons (Fsp3) is 0.118. The average Bonchev–Trinajstić information content (AvgIpc) is 2.54. The smallest absolute Gasteiger partial charge is 0.341 e. The molecule has 118 valence electrons. The van der Waals surface area contributed by atoms with Gasteiger partial charge in [0.15, 0.2) is 12.4 Å². The topological polar surface area (TPSA) is 92.7 Å². The molecular formula is C17H15NO5. The van der Waals surface area contributed by atoms with Crippen LogP contribution >= 0.6 is 0 Å². The summed E-state index contributed by atoms with van der Waals surface area (Å²) in [5, 5.41) is 11.2. The summed E-state index contributed by atoms with van der Waals surface area (Å²) in [6, 6.07) is 14.9. The van der Waals surface area contributed by atoms with Gasteiger partial charge in [0.2, 0.25) is 5.91 Å². The van der Waals surface area contributed by atoms with Crippen molar-refractivity contribution in [3.8, 4) is 5.75 Å². The molecule has 0 aliphatic heterocycles. The second-order valence-electron chi connectivity index (χ2n) is 4.69. The van der Waals surface area contributed by atoms with Gasteiger partial charge in [-0.2, -0.15) is 0 Å². The molecular weight excluding hydrogens is 298 g/mol. The van der Waals surface area contributed by atoms with Crippen LogP contribution < -0.4 is 10.1 Å². The molecule has 0 saturated carbocycles. The van der Waals surface area contributed by atoms with Crippen LogP contribution in [0.25, 0.3) is 0 Å². The van der Waals surface area contributed by atoms with E-state index in [1.54, 1.807) is 48.5 Å². The Bertz CT molecular complexity index is 712. The predicted molar refractivity (Wildman–Crippen MR) is 83.6 cm³/mol. The summed E-state index contributed by atoms with van der Waals surface area (Å²) in [5.41, 5.74) is 0.776. The summed E-state index contributed by atoms with van der Waals surface area (Å²) < 4.78 is 5.09.